The summed E-state index contributed by atoms with van der Waals surface area (Å²) in [7, 11) is 1.71. The van der Waals surface area contributed by atoms with Gasteiger partial charge in [-0.2, -0.15) is 0 Å². The summed E-state index contributed by atoms with van der Waals surface area (Å²) in [6.45, 7) is 2.12. The number of hydrogen-bond donors (Lipinski definition) is 2. The minimum Gasteiger partial charge on any atom is -0.482 e. The molecule has 2 aliphatic heterocycles. The molecule has 3 rings (SSSR count). The Labute approximate surface area is 129 Å². The number of hydrogen-bond acceptors (Lipinski definition) is 4. The lowest BCUT2D eigenvalue weighted by atomic mass is 10.0. The van der Waals surface area contributed by atoms with Crippen molar-refractivity contribution in [2.75, 3.05) is 37.0 Å². The van der Waals surface area contributed by atoms with Gasteiger partial charge in [0.15, 0.2) is 6.61 Å². The maximum atomic E-state index is 12.0. The maximum Gasteiger partial charge on any atom is 0.264 e. The summed E-state index contributed by atoms with van der Waals surface area (Å²) in [6.07, 6.45) is 2.58. The van der Waals surface area contributed by atoms with Gasteiger partial charge in [-0.25, -0.2) is 0 Å². The van der Waals surface area contributed by atoms with Crippen molar-refractivity contribution in [3.63, 3.8) is 0 Å². The van der Waals surface area contributed by atoms with Crippen LogP contribution >= 0.6 is 0 Å². The molecule has 0 radical (unpaired) electrons. The van der Waals surface area contributed by atoms with Crippen LogP contribution in [0, 0.1) is 5.92 Å². The molecule has 2 N–H and O–H groups in total. The van der Waals surface area contributed by atoms with Gasteiger partial charge < -0.3 is 20.3 Å². The molecule has 1 fully saturated rings. The van der Waals surface area contributed by atoms with Crippen LogP contribution in [0.25, 0.3) is 0 Å². The van der Waals surface area contributed by atoms with Crippen molar-refractivity contribution in [1.29, 1.82) is 0 Å². The number of ether oxygens (including phenoxy) is 1. The largest absolute Gasteiger partial charge is 0.482 e. The number of amides is 2. The standard InChI is InChI=1S/C16H21N3O3/c1-19-13-8-12(3-4-14(13)22-10-16(19)21)18-15(20)5-2-11-6-7-17-9-11/h3-4,8,11,17H,2,5-7,9-10H2,1H3,(H,18,20). The van der Waals surface area contributed by atoms with Gasteiger partial charge in [0, 0.05) is 19.2 Å². The Morgan fingerprint density at radius 3 is 3.14 bits per heavy atom. The van der Waals surface area contributed by atoms with Gasteiger partial charge in [-0.3, -0.25) is 9.59 Å². The van der Waals surface area contributed by atoms with E-state index >= 15 is 0 Å². The number of rotatable bonds is 4. The fourth-order valence-electron chi connectivity index (χ4n) is 2.87. The van der Waals surface area contributed by atoms with E-state index in [2.05, 4.69) is 10.6 Å². The molecule has 0 aliphatic carbocycles. The molecule has 0 bridgehead atoms. The SMILES string of the molecule is CN1C(=O)COc2ccc(NC(=O)CCC3CCNC3)cc21. The van der Waals surface area contributed by atoms with Crippen LogP contribution in [0.3, 0.4) is 0 Å². The Bertz CT molecular complexity index is 582. The Morgan fingerprint density at radius 2 is 2.36 bits per heavy atom. The van der Waals surface area contributed by atoms with Gasteiger partial charge >= 0.3 is 0 Å². The zero-order valence-corrected chi connectivity index (χ0v) is 12.7. The second-order valence-electron chi connectivity index (χ2n) is 5.87. The van der Waals surface area contributed by atoms with Gasteiger partial charge in [-0.05, 0) is 50.0 Å². The Hall–Kier alpha value is -2.08. The Morgan fingerprint density at radius 1 is 1.50 bits per heavy atom. The number of fused-ring (bicyclic) bond motifs is 1. The molecule has 2 amide bonds. The van der Waals surface area contributed by atoms with E-state index < -0.39 is 0 Å². The van der Waals surface area contributed by atoms with Gasteiger partial charge in [0.25, 0.3) is 5.91 Å². The topological polar surface area (TPSA) is 70.7 Å². The summed E-state index contributed by atoms with van der Waals surface area (Å²) >= 11 is 0. The summed E-state index contributed by atoms with van der Waals surface area (Å²) in [5.41, 5.74) is 1.38. The maximum absolute atomic E-state index is 12.0. The summed E-state index contributed by atoms with van der Waals surface area (Å²) in [5.74, 6) is 1.19. The van der Waals surface area contributed by atoms with Crippen LogP contribution in [0.15, 0.2) is 18.2 Å². The van der Waals surface area contributed by atoms with Gasteiger partial charge in [0.05, 0.1) is 5.69 Å². The first-order chi connectivity index (χ1) is 10.6. The van der Waals surface area contributed by atoms with E-state index in [0.717, 1.165) is 25.9 Å². The fraction of sp³-hybridized carbons (Fsp3) is 0.500. The van der Waals surface area contributed by atoms with Gasteiger partial charge in [0.1, 0.15) is 5.75 Å². The molecule has 1 saturated heterocycles. The molecule has 1 unspecified atom stereocenters. The predicted molar refractivity (Wildman–Crippen MR) is 84.2 cm³/mol. The molecule has 1 aromatic carbocycles. The highest BCUT2D eigenvalue weighted by atomic mass is 16.5. The second kappa shape index (κ2) is 6.36. The summed E-state index contributed by atoms with van der Waals surface area (Å²) in [5, 5.41) is 6.20. The zero-order valence-electron chi connectivity index (χ0n) is 12.7. The Kier molecular flexibility index (Phi) is 4.29. The minimum absolute atomic E-state index is 0.0116. The number of benzene rings is 1. The van der Waals surface area contributed by atoms with Crippen molar-refractivity contribution < 1.29 is 14.3 Å². The number of nitrogens with one attached hydrogen (secondary N) is 2. The molecule has 22 heavy (non-hydrogen) atoms. The van der Waals surface area contributed by atoms with Crippen molar-refractivity contribution in [2.24, 2.45) is 5.92 Å². The van der Waals surface area contributed by atoms with Crippen LogP contribution in [0.5, 0.6) is 5.75 Å². The van der Waals surface area contributed by atoms with Crippen molar-refractivity contribution in [3.05, 3.63) is 18.2 Å². The number of nitrogens with zero attached hydrogens (tertiary/aromatic N) is 1. The number of carbonyl (C=O) groups excluding carboxylic acids is 2. The summed E-state index contributed by atoms with van der Waals surface area (Å²) in [4.78, 5) is 25.2. The van der Waals surface area contributed by atoms with E-state index in [-0.39, 0.29) is 18.4 Å². The highest BCUT2D eigenvalue weighted by Gasteiger charge is 2.22. The first-order valence-corrected chi connectivity index (χ1v) is 7.67. The van der Waals surface area contributed by atoms with Crippen LogP contribution in [-0.2, 0) is 9.59 Å². The van der Waals surface area contributed by atoms with E-state index in [4.69, 9.17) is 4.74 Å². The predicted octanol–water partition coefficient (Wildman–Crippen LogP) is 1.37. The van der Waals surface area contributed by atoms with Crippen LogP contribution in [-0.4, -0.2) is 38.6 Å². The molecular weight excluding hydrogens is 282 g/mol. The summed E-state index contributed by atoms with van der Waals surface area (Å²) in [6, 6.07) is 5.37. The first kappa shape index (κ1) is 14.8. The third-order valence-corrected chi connectivity index (χ3v) is 4.27. The zero-order chi connectivity index (χ0) is 15.5. The smallest absolute Gasteiger partial charge is 0.264 e. The molecule has 1 atom stereocenters. The normalized spacial score (nSPS) is 20.5. The lowest BCUT2D eigenvalue weighted by Crippen LogP contribution is -2.35. The number of anilines is 2. The molecule has 2 aliphatic rings. The molecule has 1 aromatic rings. The van der Waals surface area contributed by atoms with E-state index in [1.807, 2.05) is 0 Å². The summed E-state index contributed by atoms with van der Waals surface area (Å²) < 4.78 is 5.37. The van der Waals surface area contributed by atoms with E-state index in [1.54, 1.807) is 30.1 Å². The molecule has 2 heterocycles. The average Bonchev–Trinajstić information content (AvgIpc) is 3.03. The van der Waals surface area contributed by atoms with E-state index in [9.17, 15) is 9.59 Å². The molecule has 6 heteroatoms. The molecule has 0 aromatic heterocycles. The van der Waals surface area contributed by atoms with Crippen LogP contribution < -0.4 is 20.3 Å². The lowest BCUT2D eigenvalue weighted by molar-refractivity contribution is -0.121. The highest BCUT2D eigenvalue weighted by Crippen LogP contribution is 2.33. The molecule has 0 spiro atoms. The molecule has 118 valence electrons. The van der Waals surface area contributed by atoms with Gasteiger partial charge in [-0.1, -0.05) is 0 Å². The fourth-order valence-corrected chi connectivity index (χ4v) is 2.87. The van der Waals surface area contributed by atoms with Crippen molar-refractivity contribution >= 4 is 23.2 Å². The van der Waals surface area contributed by atoms with Crippen LogP contribution in [0.4, 0.5) is 11.4 Å². The lowest BCUT2D eigenvalue weighted by Gasteiger charge is -2.26. The highest BCUT2D eigenvalue weighted by molar-refractivity contribution is 5.99. The monoisotopic (exact) mass is 303 g/mol. The van der Waals surface area contributed by atoms with E-state index in [1.165, 1.54) is 0 Å². The van der Waals surface area contributed by atoms with Gasteiger partial charge in [0.2, 0.25) is 5.91 Å². The molecule has 0 saturated carbocycles. The first-order valence-electron chi connectivity index (χ1n) is 7.67. The van der Waals surface area contributed by atoms with Crippen molar-refractivity contribution in [2.45, 2.75) is 19.3 Å². The molecule has 6 nitrogen and oxygen atoms in total. The number of likely N-dealkylation sites (N-methyl/N-ethyl adjacent to an activating group) is 1. The van der Waals surface area contributed by atoms with Gasteiger partial charge in [-0.15, -0.1) is 0 Å². The third-order valence-electron chi connectivity index (χ3n) is 4.27. The molecular formula is C16H21N3O3. The van der Waals surface area contributed by atoms with Crippen LogP contribution in [0.1, 0.15) is 19.3 Å². The third kappa shape index (κ3) is 3.22. The quantitative estimate of drug-likeness (QED) is 0.881. The van der Waals surface area contributed by atoms with Crippen molar-refractivity contribution in [3.8, 4) is 5.75 Å². The average molecular weight is 303 g/mol. The minimum atomic E-state index is -0.0929. The second-order valence-corrected chi connectivity index (χ2v) is 5.87. The number of carbonyl (C=O) groups is 2. The van der Waals surface area contributed by atoms with Crippen LogP contribution in [0.2, 0.25) is 0 Å². The van der Waals surface area contributed by atoms with E-state index in [0.29, 0.717) is 29.5 Å². The Balaban J connectivity index is 1.60. The van der Waals surface area contributed by atoms with Crippen molar-refractivity contribution in [1.82, 2.24) is 5.32 Å².